The predicted molar refractivity (Wildman–Crippen MR) is 63.5 cm³/mol. The molecule has 2 aromatic rings. The molecule has 0 aliphatic rings. The van der Waals surface area contributed by atoms with Gasteiger partial charge < -0.3 is 5.32 Å². The van der Waals surface area contributed by atoms with E-state index in [-0.39, 0.29) is 0 Å². The van der Waals surface area contributed by atoms with E-state index in [9.17, 15) is 0 Å². The molecule has 0 aliphatic carbocycles. The van der Waals surface area contributed by atoms with Crippen molar-refractivity contribution in [2.75, 3.05) is 6.54 Å². The van der Waals surface area contributed by atoms with Gasteiger partial charge in [-0.05, 0) is 31.2 Å². The van der Waals surface area contributed by atoms with Gasteiger partial charge in [0.05, 0.1) is 6.20 Å². The molecule has 16 heavy (non-hydrogen) atoms. The molecule has 0 bridgehead atoms. The first-order valence-electron chi connectivity index (χ1n) is 5.47. The zero-order valence-corrected chi connectivity index (χ0v) is 9.64. The molecule has 2 heterocycles. The SMILES string of the molecule is CCNCc1cnn(-c2cc(C)ccn2)c1. The second-order valence-electron chi connectivity index (χ2n) is 3.76. The average molecular weight is 216 g/mol. The molecule has 84 valence electrons. The zero-order valence-electron chi connectivity index (χ0n) is 9.64. The van der Waals surface area contributed by atoms with Gasteiger partial charge in [0.25, 0.3) is 0 Å². The molecule has 4 nitrogen and oxygen atoms in total. The fourth-order valence-electron chi connectivity index (χ4n) is 1.49. The van der Waals surface area contributed by atoms with Gasteiger partial charge in [0.2, 0.25) is 0 Å². The molecule has 0 radical (unpaired) electrons. The Balaban J connectivity index is 2.18. The maximum absolute atomic E-state index is 4.29. The van der Waals surface area contributed by atoms with Crippen LogP contribution in [0.5, 0.6) is 0 Å². The maximum atomic E-state index is 4.29. The summed E-state index contributed by atoms with van der Waals surface area (Å²) in [7, 11) is 0. The minimum absolute atomic E-state index is 0.850. The number of aryl methyl sites for hydroxylation is 1. The van der Waals surface area contributed by atoms with Crippen LogP contribution in [0.4, 0.5) is 0 Å². The van der Waals surface area contributed by atoms with Crippen molar-refractivity contribution in [2.45, 2.75) is 20.4 Å². The van der Waals surface area contributed by atoms with Crippen molar-refractivity contribution in [1.29, 1.82) is 0 Å². The second kappa shape index (κ2) is 4.90. The maximum Gasteiger partial charge on any atom is 0.153 e. The number of hydrogen-bond donors (Lipinski definition) is 1. The smallest absolute Gasteiger partial charge is 0.153 e. The normalized spacial score (nSPS) is 10.6. The summed E-state index contributed by atoms with van der Waals surface area (Å²) in [6.07, 6.45) is 5.67. The third kappa shape index (κ3) is 2.46. The average Bonchev–Trinajstić information content (AvgIpc) is 2.75. The van der Waals surface area contributed by atoms with Gasteiger partial charge in [-0.25, -0.2) is 9.67 Å². The lowest BCUT2D eigenvalue weighted by molar-refractivity contribution is 0.726. The van der Waals surface area contributed by atoms with Crippen LogP contribution in [0.1, 0.15) is 18.1 Å². The lowest BCUT2D eigenvalue weighted by Crippen LogP contribution is -2.10. The zero-order chi connectivity index (χ0) is 11.4. The molecule has 1 N–H and O–H groups in total. The monoisotopic (exact) mass is 216 g/mol. The Hall–Kier alpha value is -1.68. The molecule has 2 aromatic heterocycles. The van der Waals surface area contributed by atoms with Crippen LogP contribution < -0.4 is 5.32 Å². The van der Waals surface area contributed by atoms with Crippen molar-refractivity contribution >= 4 is 0 Å². The summed E-state index contributed by atoms with van der Waals surface area (Å²) < 4.78 is 1.81. The van der Waals surface area contributed by atoms with Gasteiger partial charge in [0, 0.05) is 24.5 Å². The van der Waals surface area contributed by atoms with Gasteiger partial charge in [-0.15, -0.1) is 0 Å². The molecule has 2 rings (SSSR count). The van der Waals surface area contributed by atoms with Crippen LogP contribution in [-0.2, 0) is 6.54 Å². The largest absolute Gasteiger partial charge is 0.313 e. The van der Waals surface area contributed by atoms with E-state index in [1.165, 1.54) is 11.1 Å². The highest BCUT2D eigenvalue weighted by atomic mass is 15.3. The summed E-state index contributed by atoms with van der Waals surface area (Å²) in [5.41, 5.74) is 2.36. The molecule has 4 heteroatoms. The number of pyridine rings is 1. The predicted octanol–water partition coefficient (Wildman–Crippen LogP) is 1.69. The molecular formula is C12H16N4. The Morgan fingerprint density at radius 3 is 3.06 bits per heavy atom. The highest BCUT2D eigenvalue weighted by molar-refractivity contribution is 5.26. The van der Waals surface area contributed by atoms with E-state index in [1.54, 1.807) is 10.9 Å². The van der Waals surface area contributed by atoms with Gasteiger partial charge in [-0.3, -0.25) is 0 Å². The fraction of sp³-hybridized carbons (Fsp3) is 0.333. The van der Waals surface area contributed by atoms with Crippen LogP contribution in [0.2, 0.25) is 0 Å². The number of aromatic nitrogens is 3. The molecule has 0 saturated heterocycles. The summed E-state index contributed by atoms with van der Waals surface area (Å²) in [6, 6.07) is 4.00. The minimum atomic E-state index is 0.850. The Labute approximate surface area is 95.3 Å². The van der Waals surface area contributed by atoms with E-state index >= 15 is 0 Å². The van der Waals surface area contributed by atoms with Crippen molar-refractivity contribution in [3.8, 4) is 5.82 Å². The third-order valence-electron chi connectivity index (χ3n) is 2.35. The van der Waals surface area contributed by atoms with E-state index in [4.69, 9.17) is 0 Å². The molecular weight excluding hydrogens is 200 g/mol. The van der Waals surface area contributed by atoms with E-state index in [1.807, 2.05) is 31.5 Å². The van der Waals surface area contributed by atoms with Crippen molar-refractivity contribution in [3.63, 3.8) is 0 Å². The Morgan fingerprint density at radius 2 is 2.31 bits per heavy atom. The topological polar surface area (TPSA) is 42.7 Å². The lowest BCUT2D eigenvalue weighted by atomic mass is 10.3. The Morgan fingerprint density at radius 1 is 1.44 bits per heavy atom. The van der Waals surface area contributed by atoms with Gasteiger partial charge >= 0.3 is 0 Å². The summed E-state index contributed by atoms with van der Waals surface area (Å²) in [4.78, 5) is 4.28. The van der Waals surface area contributed by atoms with Crippen molar-refractivity contribution in [3.05, 3.63) is 41.9 Å². The highest BCUT2D eigenvalue weighted by Crippen LogP contribution is 2.07. The molecule has 0 saturated carbocycles. The lowest BCUT2D eigenvalue weighted by Gasteiger charge is -2.00. The first kappa shape index (κ1) is 10.8. The minimum Gasteiger partial charge on any atom is -0.313 e. The van der Waals surface area contributed by atoms with E-state index < -0.39 is 0 Å². The van der Waals surface area contributed by atoms with Gasteiger partial charge in [-0.2, -0.15) is 5.10 Å². The Bertz CT molecular complexity index is 462. The summed E-state index contributed by atoms with van der Waals surface area (Å²) in [5.74, 6) is 0.864. The third-order valence-corrected chi connectivity index (χ3v) is 2.35. The molecule has 0 atom stereocenters. The number of hydrogen-bond acceptors (Lipinski definition) is 3. The quantitative estimate of drug-likeness (QED) is 0.845. The van der Waals surface area contributed by atoms with Crippen LogP contribution in [0.15, 0.2) is 30.7 Å². The molecule has 0 spiro atoms. The van der Waals surface area contributed by atoms with Crippen LogP contribution in [0.25, 0.3) is 5.82 Å². The first-order chi connectivity index (χ1) is 7.79. The molecule has 0 amide bonds. The molecule has 0 aliphatic heterocycles. The first-order valence-corrected chi connectivity index (χ1v) is 5.47. The number of nitrogens with zero attached hydrogens (tertiary/aromatic N) is 3. The standard InChI is InChI=1S/C12H16N4/c1-3-13-7-11-8-15-16(9-11)12-6-10(2)4-5-14-12/h4-6,8-9,13H,3,7H2,1-2H3. The summed E-state index contributed by atoms with van der Waals surface area (Å²) in [5, 5.41) is 7.56. The van der Waals surface area contributed by atoms with Crippen LogP contribution in [-0.4, -0.2) is 21.3 Å². The van der Waals surface area contributed by atoms with Crippen LogP contribution in [0, 0.1) is 6.92 Å². The fourth-order valence-corrected chi connectivity index (χ4v) is 1.49. The van der Waals surface area contributed by atoms with Gasteiger partial charge in [0.1, 0.15) is 0 Å². The van der Waals surface area contributed by atoms with Gasteiger partial charge in [-0.1, -0.05) is 6.92 Å². The Kier molecular flexibility index (Phi) is 3.31. The van der Waals surface area contributed by atoms with Crippen molar-refractivity contribution in [1.82, 2.24) is 20.1 Å². The van der Waals surface area contributed by atoms with Crippen molar-refractivity contribution < 1.29 is 0 Å². The molecule has 0 unspecified atom stereocenters. The van der Waals surface area contributed by atoms with E-state index in [0.717, 1.165) is 18.9 Å². The number of nitrogens with one attached hydrogen (secondary N) is 1. The summed E-state index contributed by atoms with van der Waals surface area (Å²) in [6.45, 7) is 5.96. The number of rotatable bonds is 4. The molecule has 0 fully saturated rings. The van der Waals surface area contributed by atoms with Crippen LogP contribution >= 0.6 is 0 Å². The molecule has 0 aromatic carbocycles. The van der Waals surface area contributed by atoms with E-state index in [2.05, 4.69) is 22.3 Å². The summed E-state index contributed by atoms with van der Waals surface area (Å²) >= 11 is 0. The van der Waals surface area contributed by atoms with Crippen LogP contribution in [0.3, 0.4) is 0 Å². The van der Waals surface area contributed by atoms with Gasteiger partial charge in [0.15, 0.2) is 5.82 Å². The highest BCUT2D eigenvalue weighted by Gasteiger charge is 2.01. The van der Waals surface area contributed by atoms with E-state index in [0.29, 0.717) is 0 Å². The second-order valence-corrected chi connectivity index (χ2v) is 3.76. The van der Waals surface area contributed by atoms with Crippen molar-refractivity contribution in [2.24, 2.45) is 0 Å².